The molecular formula is C34H25N3O7S3. The number of carbonyl (C=O) groups is 4. The molecule has 10 nitrogen and oxygen atoms in total. The van der Waals surface area contributed by atoms with E-state index < -0.39 is 34.8 Å². The lowest BCUT2D eigenvalue weighted by atomic mass is 10.0. The number of rotatable bonds is 9. The number of nitrogens with one attached hydrogen (secondary N) is 2. The molecule has 47 heavy (non-hydrogen) atoms. The van der Waals surface area contributed by atoms with E-state index in [9.17, 15) is 29.1 Å². The highest BCUT2D eigenvalue weighted by Gasteiger charge is 2.54. The van der Waals surface area contributed by atoms with Crippen LogP contribution in [0.3, 0.4) is 0 Å². The Morgan fingerprint density at radius 3 is 2.55 bits per heavy atom. The minimum absolute atomic E-state index is 0.0408. The Hall–Kier alpha value is -4.85. The summed E-state index contributed by atoms with van der Waals surface area (Å²) in [6.07, 6.45) is 0.168. The average Bonchev–Trinajstić information content (AvgIpc) is 3.58. The molecule has 2 atom stereocenters. The number of thioether (sulfide) groups is 2. The Morgan fingerprint density at radius 1 is 0.979 bits per heavy atom. The van der Waals surface area contributed by atoms with Gasteiger partial charge >= 0.3 is 11.6 Å². The third kappa shape index (κ3) is 6.04. The van der Waals surface area contributed by atoms with Crippen LogP contribution in [0.1, 0.15) is 15.2 Å². The lowest BCUT2D eigenvalue weighted by Gasteiger charge is -2.49. The normalized spacial score (nSPS) is 17.4. The largest absolute Gasteiger partial charge is 0.477 e. The first-order chi connectivity index (χ1) is 22.8. The maximum atomic E-state index is 13.1. The number of anilines is 1. The van der Waals surface area contributed by atoms with Crippen molar-refractivity contribution >= 4 is 86.0 Å². The van der Waals surface area contributed by atoms with Crippen LogP contribution in [0.5, 0.6) is 0 Å². The van der Waals surface area contributed by atoms with Gasteiger partial charge in [-0.2, -0.15) is 0 Å². The Bertz CT molecular complexity index is 2160. The number of carboxylic acid groups (broad SMARTS) is 1. The van der Waals surface area contributed by atoms with Crippen molar-refractivity contribution in [1.29, 1.82) is 0 Å². The van der Waals surface area contributed by atoms with Gasteiger partial charge < -0.3 is 20.2 Å². The number of aliphatic carboxylic acids is 1. The number of β-lactam (4-membered cyclic amide) rings is 1. The molecule has 1 fully saturated rings. The second-order valence-corrected chi connectivity index (χ2v) is 14.1. The minimum atomic E-state index is -1.19. The van der Waals surface area contributed by atoms with E-state index in [1.54, 1.807) is 36.4 Å². The molecule has 5 aromatic rings. The van der Waals surface area contributed by atoms with Gasteiger partial charge in [-0.05, 0) is 64.2 Å². The predicted octanol–water partition coefficient (Wildman–Crippen LogP) is 5.33. The van der Waals surface area contributed by atoms with Gasteiger partial charge in [0, 0.05) is 32.4 Å². The summed E-state index contributed by atoms with van der Waals surface area (Å²) in [4.78, 5) is 66.4. The van der Waals surface area contributed by atoms with Gasteiger partial charge in [-0.1, -0.05) is 36.4 Å². The quantitative estimate of drug-likeness (QED) is 0.0812. The van der Waals surface area contributed by atoms with Gasteiger partial charge in [0.1, 0.15) is 28.3 Å². The van der Waals surface area contributed by atoms with Gasteiger partial charge in [0.25, 0.3) is 11.8 Å². The molecule has 7 rings (SSSR count). The molecule has 2 aromatic heterocycles. The van der Waals surface area contributed by atoms with Gasteiger partial charge in [-0.25, -0.2) is 9.59 Å². The highest BCUT2D eigenvalue weighted by Crippen LogP contribution is 2.41. The van der Waals surface area contributed by atoms with Gasteiger partial charge in [0.2, 0.25) is 5.91 Å². The zero-order valence-corrected chi connectivity index (χ0v) is 26.9. The van der Waals surface area contributed by atoms with Gasteiger partial charge in [0.15, 0.2) is 0 Å². The first-order valence-corrected chi connectivity index (χ1v) is 17.4. The van der Waals surface area contributed by atoms with Crippen molar-refractivity contribution in [1.82, 2.24) is 10.2 Å². The lowest BCUT2D eigenvalue weighted by Crippen LogP contribution is -2.70. The number of nitrogens with zero attached hydrogens (tertiary/aromatic N) is 1. The molecule has 236 valence electrons. The first-order valence-electron chi connectivity index (χ1n) is 14.5. The number of fused-ring (bicyclic) bond motifs is 4. The van der Waals surface area contributed by atoms with Crippen molar-refractivity contribution in [3.63, 3.8) is 0 Å². The molecule has 13 heteroatoms. The molecule has 1 saturated heterocycles. The zero-order chi connectivity index (χ0) is 32.7. The number of hydrogen-bond donors (Lipinski definition) is 3. The number of benzene rings is 3. The fourth-order valence-corrected chi connectivity index (χ4v) is 8.71. The topological polar surface area (TPSA) is 146 Å². The van der Waals surface area contributed by atoms with Crippen LogP contribution < -0.4 is 16.3 Å². The van der Waals surface area contributed by atoms with Crippen molar-refractivity contribution in [3.8, 4) is 0 Å². The molecule has 0 aliphatic carbocycles. The maximum Gasteiger partial charge on any atom is 0.352 e. The molecule has 0 spiro atoms. The highest BCUT2D eigenvalue weighted by atomic mass is 32.2. The van der Waals surface area contributed by atoms with Crippen LogP contribution in [0.15, 0.2) is 110 Å². The van der Waals surface area contributed by atoms with Crippen LogP contribution in [0.4, 0.5) is 5.69 Å². The van der Waals surface area contributed by atoms with E-state index >= 15 is 0 Å². The first kappa shape index (κ1) is 30.8. The zero-order valence-electron chi connectivity index (χ0n) is 24.4. The molecule has 3 N–H and O–H groups in total. The molecule has 3 aromatic carbocycles. The van der Waals surface area contributed by atoms with Crippen LogP contribution in [0.2, 0.25) is 0 Å². The van der Waals surface area contributed by atoms with E-state index in [1.807, 2.05) is 47.8 Å². The Kier molecular flexibility index (Phi) is 8.35. The van der Waals surface area contributed by atoms with Crippen LogP contribution >= 0.6 is 34.9 Å². The van der Waals surface area contributed by atoms with Gasteiger partial charge in [-0.15, -0.1) is 34.9 Å². The monoisotopic (exact) mass is 683 g/mol. The summed E-state index contributed by atoms with van der Waals surface area (Å²) >= 11 is 4.28. The van der Waals surface area contributed by atoms with Gasteiger partial charge in [-0.3, -0.25) is 19.3 Å². The van der Waals surface area contributed by atoms with E-state index in [0.29, 0.717) is 33.7 Å². The van der Waals surface area contributed by atoms with Crippen LogP contribution in [0, 0.1) is 0 Å². The summed E-state index contributed by atoms with van der Waals surface area (Å²) in [6, 6.07) is 22.6. The van der Waals surface area contributed by atoms with E-state index in [-0.39, 0.29) is 23.6 Å². The SMILES string of the molecule is O=C(Cc1cccs1)N[C@@H]1C(=O)N2C(C(=O)O)=C(CSc3ccc(NC(=O)c4cc5c(ccc6ccccc65)oc4=O)cc3)CS[C@H]12. The number of amides is 3. The fourth-order valence-electron chi connectivity index (χ4n) is 5.62. The molecular weight excluding hydrogens is 659 g/mol. The van der Waals surface area contributed by atoms with Crippen molar-refractivity contribution < 1.29 is 28.7 Å². The smallest absolute Gasteiger partial charge is 0.352 e. The summed E-state index contributed by atoms with van der Waals surface area (Å²) < 4.78 is 5.45. The van der Waals surface area contributed by atoms with E-state index in [2.05, 4.69) is 10.6 Å². The van der Waals surface area contributed by atoms with Gasteiger partial charge in [0.05, 0.1) is 6.42 Å². The predicted molar refractivity (Wildman–Crippen MR) is 183 cm³/mol. The Labute approximate surface area is 279 Å². The summed E-state index contributed by atoms with van der Waals surface area (Å²) in [5.74, 6) is -1.76. The minimum Gasteiger partial charge on any atom is -0.477 e. The third-order valence-corrected chi connectivity index (χ3v) is 11.2. The maximum absolute atomic E-state index is 13.1. The number of carbonyl (C=O) groups excluding carboxylic acids is 3. The number of carboxylic acids is 1. The second-order valence-electron chi connectivity index (χ2n) is 10.9. The van der Waals surface area contributed by atoms with E-state index in [0.717, 1.165) is 20.5 Å². The summed E-state index contributed by atoms with van der Waals surface area (Å²) in [7, 11) is 0. The Morgan fingerprint density at radius 2 is 1.79 bits per heavy atom. The summed E-state index contributed by atoms with van der Waals surface area (Å²) in [5.41, 5.74) is 0.583. The Balaban J connectivity index is 1.00. The van der Waals surface area contributed by atoms with E-state index in [4.69, 9.17) is 4.42 Å². The lowest BCUT2D eigenvalue weighted by molar-refractivity contribution is -0.150. The highest BCUT2D eigenvalue weighted by molar-refractivity contribution is 8.01. The average molecular weight is 684 g/mol. The van der Waals surface area contributed by atoms with Crippen molar-refractivity contribution in [3.05, 3.63) is 116 Å². The van der Waals surface area contributed by atoms with Crippen LogP contribution in [-0.4, -0.2) is 56.6 Å². The van der Waals surface area contributed by atoms with Crippen molar-refractivity contribution in [2.24, 2.45) is 0 Å². The summed E-state index contributed by atoms with van der Waals surface area (Å²) in [6.45, 7) is 0. The molecule has 0 unspecified atom stereocenters. The number of thiophene rings is 1. The molecule has 3 amide bonds. The standard InChI is InChI=1S/C34H25N3O7S3/c38-27(14-22-5-3-13-45-22)36-28-31(40)37-29(33(41)42)19(17-47-32(28)37)16-46-21-10-8-20(9-11-21)35-30(39)25-15-24-23-6-2-1-4-18(23)7-12-26(24)44-34(25)43/h1-13,15,28,32H,14,16-17H2,(H,35,39)(H,36,38)(H,41,42)/t28-,32-/m1/s1. The van der Waals surface area contributed by atoms with Crippen LogP contribution in [0.25, 0.3) is 21.7 Å². The van der Waals surface area contributed by atoms with Crippen molar-refractivity contribution in [2.45, 2.75) is 22.7 Å². The molecule has 4 heterocycles. The molecule has 2 aliphatic heterocycles. The van der Waals surface area contributed by atoms with Crippen molar-refractivity contribution in [2.75, 3.05) is 16.8 Å². The number of hydrogen-bond acceptors (Lipinski definition) is 9. The summed E-state index contributed by atoms with van der Waals surface area (Å²) in [5, 5.41) is 19.4. The molecule has 0 radical (unpaired) electrons. The molecule has 0 saturated carbocycles. The molecule has 2 aliphatic rings. The second kappa shape index (κ2) is 12.7. The molecule has 0 bridgehead atoms. The third-order valence-electron chi connectivity index (χ3n) is 7.89. The fraction of sp³-hybridized carbons (Fsp3) is 0.147. The van der Waals surface area contributed by atoms with E-state index in [1.165, 1.54) is 39.8 Å². The van der Waals surface area contributed by atoms with Crippen LogP contribution in [-0.2, 0) is 20.8 Å².